The van der Waals surface area contributed by atoms with E-state index in [2.05, 4.69) is 42.2 Å². The molecule has 2 N–H and O–H groups in total. The van der Waals surface area contributed by atoms with Gasteiger partial charge in [-0.25, -0.2) is 19.7 Å². The summed E-state index contributed by atoms with van der Waals surface area (Å²) in [5, 5.41) is 13.7. The van der Waals surface area contributed by atoms with Gasteiger partial charge in [-0.05, 0) is 32.6 Å². The molecule has 1 aliphatic heterocycles. The largest absolute Gasteiger partial charge is 0.417 e. The third kappa shape index (κ3) is 5.07. The van der Waals surface area contributed by atoms with E-state index in [1.807, 2.05) is 6.92 Å². The minimum Gasteiger partial charge on any atom is -0.417 e. The maximum atomic E-state index is 12.3. The Morgan fingerprint density at radius 2 is 2.19 bits per heavy atom. The lowest BCUT2D eigenvalue weighted by Crippen LogP contribution is -2.32. The van der Waals surface area contributed by atoms with Crippen molar-refractivity contribution < 1.29 is 23.0 Å². The van der Waals surface area contributed by atoms with Gasteiger partial charge in [-0.2, -0.15) is 19.0 Å². The van der Waals surface area contributed by atoms with Crippen molar-refractivity contribution >= 4 is 22.8 Å². The summed E-state index contributed by atoms with van der Waals surface area (Å²) < 4.78 is 42.6. The molecule has 0 amide bonds. The van der Waals surface area contributed by atoms with E-state index in [1.54, 1.807) is 10.9 Å². The molecule has 1 aliphatic rings. The Labute approximate surface area is 177 Å². The lowest BCUT2D eigenvalue weighted by Gasteiger charge is -2.30. The number of fused-ring (bicyclic) bond motifs is 1. The summed E-state index contributed by atoms with van der Waals surface area (Å²) in [5.41, 5.74) is 1.21. The molecule has 0 aliphatic carbocycles. The molecule has 31 heavy (non-hydrogen) atoms. The van der Waals surface area contributed by atoms with E-state index in [0.717, 1.165) is 32.3 Å². The van der Waals surface area contributed by atoms with Gasteiger partial charge in [0.15, 0.2) is 23.6 Å². The number of alkyl halides is 2. The number of aromatic amines is 1. The summed E-state index contributed by atoms with van der Waals surface area (Å²) in [6.07, 6.45) is 6.65. The minimum absolute atomic E-state index is 0.0657. The SMILES string of the molecule is CCC(C(C)OC1CCCCO1)n1ncc2ncc(Nc3cc(OC(F)F)[nH]n3)nc21. The molecule has 0 spiro atoms. The van der Waals surface area contributed by atoms with Gasteiger partial charge in [-0.3, -0.25) is 0 Å². The van der Waals surface area contributed by atoms with Crippen LogP contribution >= 0.6 is 0 Å². The second-order valence-electron chi connectivity index (χ2n) is 7.29. The van der Waals surface area contributed by atoms with Crippen molar-refractivity contribution in [2.75, 3.05) is 11.9 Å². The van der Waals surface area contributed by atoms with Crippen LogP contribution in [0.2, 0.25) is 0 Å². The van der Waals surface area contributed by atoms with Crippen molar-refractivity contribution in [2.45, 2.75) is 64.6 Å². The first-order chi connectivity index (χ1) is 15.0. The summed E-state index contributed by atoms with van der Waals surface area (Å²) >= 11 is 0. The van der Waals surface area contributed by atoms with E-state index in [-0.39, 0.29) is 30.1 Å². The zero-order valence-electron chi connectivity index (χ0n) is 17.3. The third-order valence-corrected chi connectivity index (χ3v) is 5.11. The smallest absolute Gasteiger partial charge is 0.388 e. The van der Waals surface area contributed by atoms with Gasteiger partial charge >= 0.3 is 6.61 Å². The molecule has 4 rings (SSSR count). The van der Waals surface area contributed by atoms with Gasteiger partial charge < -0.3 is 19.5 Å². The van der Waals surface area contributed by atoms with Crippen LogP contribution < -0.4 is 10.1 Å². The molecular formula is C19H25F2N7O3. The molecule has 0 aromatic carbocycles. The lowest BCUT2D eigenvalue weighted by atomic mass is 10.1. The summed E-state index contributed by atoms with van der Waals surface area (Å²) in [7, 11) is 0. The Kier molecular flexibility index (Phi) is 6.56. The highest BCUT2D eigenvalue weighted by Gasteiger charge is 2.26. The van der Waals surface area contributed by atoms with Gasteiger partial charge in [0.2, 0.25) is 5.88 Å². The summed E-state index contributed by atoms with van der Waals surface area (Å²) in [6.45, 7) is 1.84. The van der Waals surface area contributed by atoms with E-state index in [9.17, 15) is 8.78 Å². The van der Waals surface area contributed by atoms with E-state index in [1.165, 1.54) is 12.3 Å². The van der Waals surface area contributed by atoms with Gasteiger partial charge in [0.1, 0.15) is 5.52 Å². The highest BCUT2D eigenvalue weighted by atomic mass is 19.3. The molecule has 4 heterocycles. The van der Waals surface area contributed by atoms with Gasteiger partial charge in [-0.1, -0.05) is 6.92 Å². The molecular weight excluding hydrogens is 412 g/mol. The molecule has 3 unspecified atom stereocenters. The summed E-state index contributed by atoms with van der Waals surface area (Å²) in [5.74, 6) is 0.510. The predicted octanol–water partition coefficient (Wildman–Crippen LogP) is 3.78. The molecule has 0 bridgehead atoms. The normalized spacial score (nSPS) is 18.9. The van der Waals surface area contributed by atoms with Crippen LogP contribution in [0.5, 0.6) is 5.88 Å². The average Bonchev–Trinajstić information content (AvgIpc) is 3.36. The Hall–Kier alpha value is -2.86. The molecule has 1 fully saturated rings. The zero-order valence-corrected chi connectivity index (χ0v) is 17.3. The van der Waals surface area contributed by atoms with Crippen molar-refractivity contribution in [3.63, 3.8) is 0 Å². The zero-order chi connectivity index (χ0) is 21.8. The summed E-state index contributed by atoms with van der Waals surface area (Å²) in [6, 6.07) is 1.24. The predicted molar refractivity (Wildman–Crippen MR) is 107 cm³/mol. The fraction of sp³-hybridized carbons (Fsp3) is 0.579. The first-order valence-corrected chi connectivity index (χ1v) is 10.3. The molecule has 3 atom stereocenters. The Morgan fingerprint density at radius 3 is 2.94 bits per heavy atom. The molecule has 3 aromatic rings. The van der Waals surface area contributed by atoms with Gasteiger partial charge in [0.25, 0.3) is 0 Å². The number of rotatable bonds is 9. The van der Waals surface area contributed by atoms with Gasteiger partial charge in [-0.15, -0.1) is 0 Å². The lowest BCUT2D eigenvalue weighted by molar-refractivity contribution is -0.193. The molecule has 168 valence electrons. The first-order valence-electron chi connectivity index (χ1n) is 10.3. The van der Waals surface area contributed by atoms with Crippen LogP contribution in [0, 0.1) is 0 Å². The monoisotopic (exact) mass is 437 g/mol. The van der Waals surface area contributed by atoms with E-state index >= 15 is 0 Å². The van der Waals surface area contributed by atoms with Crippen LogP contribution in [-0.2, 0) is 9.47 Å². The van der Waals surface area contributed by atoms with Crippen LogP contribution in [0.1, 0.15) is 45.6 Å². The molecule has 1 saturated heterocycles. The standard InChI is InChI=1S/C19H25F2N7O3/c1-3-13(11(2)30-17-6-4-5-7-29-17)28-18-12(9-23-28)22-10-15(25-18)24-14-8-16(27-26-14)31-19(20)21/h8-11,13,17,19H,3-7H2,1-2H3,(H2,24,25,26,27). The molecule has 0 radical (unpaired) electrons. The van der Waals surface area contributed by atoms with Crippen molar-refractivity contribution in [1.29, 1.82) is 0 Å². The van der Waals surface area contributed by atoms with Crippen LogP contribution in [0.4, 0.5) is 20.4 Å². The number of hydrogen-bond donors (Lipinski definition) is 2. The second-order valence-corrected chi connectivity index (χ2v) is 7.29. The van der Waals surface area contributed by atoms with Crippen molar-refractivity contribution in [1.82, 2.24) is 29.9 Å². The number of halogens is 2. The third-order valence-electron chi connectivity index (χ3n) is 5.11. The maximum Gasteiger partial charge on any atom is 0.388 e. The first kappa shape index (κ1) is 21.4. The number of nitrogens with zero attached hydrogens (tertiary/aromatic N) is 5. The van der Waals surface area contributed by atoms with Gasteiger partial charge in [0.05, 0.1) is 24.5 Å². The second kappa shape index (κ2) is 9.52. The van der Waals surface area contributed by atoms with Crippen LogP contribution in [0.3, 0.4) is 0 Å². The quantitative estimate of drug-likeness (QED) is 0.520. The Balaban J connectivity index is 1.52. The van der Waals surface area contributed by atoms with Crippen LogP contribution in [0.15, 0.2) is 18.5 Å². The molecule has 3 aromatic heterocycles. The maximum absolute atomic E-state index is 12.3. The van der Waals surface area contributed by atoms with Crippen molar-refractivity contribution in [3.8, 4) is 5.88 Å². The molecule has 10 nitrogen and oxygen atoms in total. The Bertz CT molecular complexity index is 990. The highest BCUT2D eigenvalue weighted by molar-refractivity contribution is 5.72. The number of ether oxygens (including phenoxy) is 3. The number of nitrogens with one attached hydrogen (secondary N) is 2. The van der Waals surface area contributed by atoms with Crippen LogP contribution in [0.25, 0.3) is 11.2 Å². The van der Waals surface area contributed by atoms with Gasteiger partial charge in [0, 0.05) is 12.7 Å². The van der Waals surface area contributed by atoms with Crippen molar-refractivity contribution in [2.24, 2.45) is 0 Å². The number of anilines is 2. The topological polar surface area (TPSA) is 112 Å². The Morgan fingerprint density at radius 1 is 1.32 bits per heavy atom. The van der Waals surface area contributed by atoms with Crippen molar-refractivity contribution in [3.05, 3.63) is 18.5 Å². The fourth-order valence-electron chi connectivity index (χ4n) is 3.63. The molecule has 12 heteroatoms. The molecule has 0 saturated carbocycles. The van der Waals surface area contributed by atoms with E-state index in [4.69, 9.17) is 9.47 Å². The van der Waals surface area contributed by atoms with E-state index in [0.29, 0.717) is 17.0 Å². The van der Waals surface area contributed by atoms with Crippen LogP contribution in [-0.4, -0.2) is 55.6 Å². The fourth-order valence-corrected chi connectivity index (χ4v) is 3.63. The number of aromatic nitrogens is 6. The number of H-pyrrole nitrogens is 1. The number of hydrogen-bond acceptors (Lipinski definition) is 8. The summed E-state index contributed by atoms with van der Waals surface area (Å²) in [4.78, 5) is 8.98. The minimum atomic E-state index is -2.94. The highest BCUT2D eigenvalue weighted by Crippen LogP contribution is 2.26. The van der Waals surface area contributed by atoms with E-state index < -0.39 is 6.61 Å². The average molecular weight is 437 g/mol.